The van der Waals surface area contributed by atoms with E-state index in [1.807, 2.05) is 60.7 Å². The number of urea groups is 1. The van der Waals surface area contributed by atoms with Crippen LogP contribution in [-0.4, -0.2) is 48.2 Å². The van der Waals surface area contributed by atoms with Crippen molar-refractivity contribution in [3.63, 3.8) is 0 Å². The smallest absolute Gasteiger partial charge is 0.408 e. The van der Waals surface area contributed by atoms with Crippen molar-refractivity contribution in [3.8, 4) is 0 Å². The zero-order valence-corrected chi connectivity index (χ0v) is 19.0. The number of carbonyl (C=O) groups is 3. The molecule has 2 rings (SSSR count). The Kier molecular flexibility index (Phi) is 9.07. The first-order chi connectivity index (χ1) is 15.1. The van der Waals surface area contributed by atoms with E-state index in [1.54, 1.807) is 27.8 Å². The Bertz CT molecular complexity index is 882. The quantitative estimate of drug-likeness (QED) is 0.612. The summed E-state index contributed by atoms with van der Waals surface area (Å²) in [5, 5.41) is 5.15. The van der Waals surface area contributed by atoms with Gasteiger partial charge < -0.3 is 25.0 Å². The van der Waals surface area contributed by atoms with Crippen molar-refractivity contribution in [2.45, 2.75) is 45.6 Å². The fraction of sp³-hybridized carbons (Fsp3) is 0.375. The predicted molar refractivity (Wildman–Crippen MR) is 121 cm³/mol. The highest BCUT2D eigenvalue weighted by atomic mass is 16.6. The maximum Gasteiger partial charge on any atom is 0.408 e. The summed E-state index contributed by atoms with van der Waals surface area (Å²) in [6, 6.07) is 17.2. The van der Waals surface area contributed by atoms with Crippen LogP contribution >= 0.6 is 0 Å². The van der Waals surface area contributed by atoms with Crippen molar-refractivity contribution in [1.82, 2.24) is 15.5 Å². The second-order valence-corrected chi connectivity index (χ2v) is 8.32. The van der Waals surface area contributed by atoms with E-state index < -0.39 is 23.7 Å². The number of alkyl carbamates (subject to hydrolysis) is 1. The molecule has 0 aliphatic heterocycles. The zero-order chi connectivity index (χ0) is 23.6. The van der Waals surface area contributed by atoms with Crippen LogP contribution in [-0.2, 0) is 27.4 Å². The van der Waals surface area contributed by atoms with Gasteiger partial charge in [-0.1, -0.05) is 60.7 Å². The van der Waals surface area contributed by atoms with Gasteiger partial charge in [-0.2, -0.15) is 0 Å². The van der Waals surface area contributed by atoms with Crippen LogP contribution in [0.5, 0.6) is 0 Å². The maximum absolute atomic E-state index is 12.6. The number of rotatable bonds is 8. The van der Waals surface area contributed by atoms with Crippen LogP contribution in [0.1, 0.15) is 31.9 Å². The molecule has 0 bridgehead atoms. The monoisotopic (exact) mass is 441 g/mol. The van der Waals surface area contributed by atoms with Gasteiger partial charge in [-0.15, -0.1) is 0 Å². The van der Waals surface area contributed by atoms with Crippen LogP contribution in [0.15, 0.2) is 60.7 Å². The molecule has 1 atom stereocenters. The van der Waals surface area contributed by atoms with Crippen LogP contribution in [0, 0.1) is 0 Å². The molecule has 0 aliphatic rings. The lowest BCUT2D eigenvalue weighted by Gasteiger charge is -2.24. The first-order valence-electron chi connectivity index (χ1n) is 10.4. The topological polar surface area (TPSA) is 97.0 Å². The molecule has 3 amide bonds. The van der Waals surface area contributed by atoms with Gasteiger partial charge in [0.25, 0.3) is 0 Å². The van der Waals surface area contributed by atoms with Gasteiger partial charge in [-0.3, -0.25) is 0 Å². The van der Waals surface area contributed by atoms with Crippen molar-refractivity contribution < 1.29 is 23.9 Å². The summed E-state index contributed by atoms with van der Waals surface area (Å²) in [6.07, 6.45) is -0.772. The summed E-state index contributed by atoms with van der Waals surface area (Å²) in [4.78, 5) is 38.8. The number of amides is 3. The van der Waals surface area contributed by atoms with E-state index in [0.717, 1.165) is 11.1 Å². The van der Waals surface area contributed by atoms with Gasteiger partial charge >= 0.3 is 18.1 Å². The van der Waals surface area contributed by atoms with E-state index >= 15 is 0 Å². The molecule has 0 fully saturated rings. The normalized spacial score (nSPS) is 11.8. The van der Waals surface area contributed by atoms with Crippen molar-refractivity contribution in [2.75, 3.05) is 13.6 Å². The fourth-order valence-corrected chi connectivity index (χ4v) is 2.73. The van der Waals surface area contributed by atoms with Crippen molar-refractivity contribution in [2.24, 2.45) is 0 Å². The summed E-state index contributed by atoms with van der Waals surface area (Å²) in [5.74, 6) is -0.675. The standard InChI is InChI=1S/C24H31N3O5/c1-24(2,3)32-23(30)26-20(21(28)31-17-19-13-9-6-10-14-19)15-25-22(29)27(4)16-18-11-7-5-8-12-18/h5-14,20H,15-17H2,1-4H3,(H,25,29)(H,26,30)/t20-/m0/s1. The highest BCUT2D eigenvalue weighted by Crippen LogP contribution is 2.08. The molecule has 0 radical (unpaired) electrons. The van der Waals surface area contributed by atoms with Gasteiger partial charge in [0.15, 0.2) is 0 Å². The van der Waals surface area contributed by atoms with Crippen molar-refractivity contribution in [1.29, 1.82) is 0 Å². The maximum atomic E-state index is 12.6. The fourth-order valence-electron chi connectivity index (χ4n) is 2.73. The first kappa shape index (κ1) is 24.7. The molecule has 2 aromatic rings. The Labute approximate surface area is 188 Å². The largest absolute Gasteiger partial charge is 0.459 e. The number of esters is 1. The average Bonchev–Trinajstić information content (AvgIpc) is 2.74. The lowest BCUT2D eigenvalue weighted by atomic mass is 10.2. The predicted octanol–water partition coefficient (Wildman–Crippen LogP) is 3.46. The van der Waals surface area contributed by atoms with Gasteiger partial charge in [-0.25, -0.2) is 14.4 Å². The van der Waals surface area contributed by atoms with Gasteiger partial charge in [0.05, 0.1) is 6.54 Å². The van der Waals surface area contributed by atoms with E-state index in [0.29, 0.717) is 6.54 Å². The van der Waals surface area contributed by atoms with Crippen LogP contribution in [0.4, 0.5) is 9.59 Å². The number of hydrogen-bond donors (Lipinski definition) is 2. The molecule has 0 spiro atoms. The summed E-state index contributed by atoms with van der Waals surface area (Å²) >= 11 is 0. The van der Waals surface area contributed by atoms with E-state index in [9.17, 15) is 14.4 Å². The number of carbonyl (C=O) groups excluding carboxylic acids is 3. The van der Waals surface area contributed by atoms with Crippen LogP contribution in [0.25, 0.3) is 0 Å². The summed E-state index contributed by atoms with van der Waals surface area (Å²) in [6.45, 7) is 5.45. The van der Waals surface area contributed by atoms with Crippen LogP contribution < -0.4 is 10.6 Å². The lowest BCUT2D eigenvalue weighted by molar-refractivity contribution is -0.147. The highest BCUT2D eigenvalue weighted by Gasteiger charge is 2.26. The Morgan fingerprint density at radius 3 is 2.06 bits per heavy atom. The third kappa shape index (κ3) is 9.07. The molecule has 0 saturated carbocycles. The Hall–Kier alpha value is -3.55. The molecule has 0 aromatic heterocycles. The molecule has 0 aliphatic carbocycles. The lowest BCUT2D eigenvalue weighted by Crippen LogP contribution is -2.51. The third-order valence-electron chi connectivity index (χ3n) is 4.27. The average molecular weight is 442 g/mol. The van der Waals surface area contributed by atoms with E-state index in [-0.39, 0.29) is 19.2 Å². The molecule has 0 heterocycles. The number of benzene rings is 2. The molecule has 2 N–H and O–H groups in total. The molecule has 172 valence electrons. The van der Waals surface area contributed by atoms with Gasteiger partial charge in [0, 0.05) is 13.6 Å². The molecule has 8 heteroatoms. The minimum atomic E-state index is -1.11. The third-order valence-corrected chi connectivity index (χ3v) is 4.27. The SMILES string of the molecule is CN(Cc1ccccc1)C(=O)NC[C@H](NC(=O)OC(C)(C)C)C(=O)OCc1ccccc1. The van der Waals surface area contributed by atoms with E-state index in [2.05, 4.69) is 10.6 Å². The van der Waals surface area contributed by atoms with Crippen molar-refractivity contribution in [3.05, 3.63) is 71.8 Å². The minimum Gasteiger partial charge on any atom is -0.459 e. The van der Waals surface area contributed by atoms with Gasteiger partial charge in [-0.05, 0) is 31.9 Å². The van der Waals surface area contributed by atoms with E-state index in [4.69, 9.17) is 9.47 Å². The van der Waals surface area contributed by atoms with E-state index in [1.165, 1.54) is 4.90 Å². The Balaban J connectivity index is 1.96. The summed E-state index contributed by atoms with van der Waals surface area (Å²) < 4.78 is 10.6. The summed E-state index contributed by atoms with van der Waals surface area (Å²) in [5.41, 5.74) is 1.04. The van der Waals surface area contributed by atoms with Crippen molar-refractivity contribution >= 4 is 18.1 Å². The molecular weight excluding hydrogens is 410 g/mol. The molecule has 0 saturated heterocycles. The molecule has 2 aromatic carbocycles. The first-order valence-corrected chi connectivity index (χ1v) is 10.4. The Morgan fingerprint density at radius 2 is 1.50 bits per heavy atom. The number of ether oxygens (including phenoxy) is 2. The number of hydrogen-bond acceptors (Lipinski definition) is 5. The molecule has 0 unspecified atom stereocenters. The number of nitrogens with one attached hydrogen (secondary N) is 2. The highest BCUT2D eigenvalue weighted by molar-refractivity contribution is 5.83. The second kappa shape index (κ2) is 11.7. The van der Waals surface area contributed by atoms with Crippen LogP contribution in [0.2, 0.25) is 0 Å². The van der Waals surface area contributed by atoms with Crippen LogP contribution in [0.3, 0.4) is 0 Å². The molecule has 8 nitrogen and oxygen atoms in total. The number of nitrogens with zero attached hydrogens (tertiary/aromatic N) is 1. The summed E-state index contributed by atoms with van der Waals surface area (Å²) in [7, 11) is 1.65. The minimum absolute atomic E-state index is 0.0496. The Morgan fingerprint density at radius 1 is 0.938 bits per heavy atom. The van der Waals surface area contributed by atoms with Gasteiger partial charge in [0.1, 0.15) is 18.2 Å². The molecular formula is C24H31N3O5. The zero-order valence-electron chi connectivity index (χ0n) is 19.0. The second-order valence-electron chi connectivity index (χ2n) is 8.32. The molecule has 32 heavy (non-hydrogen) atoms. The van der Waals surface area contributed by atoms with Gasteiger partial charge in [0.2, 0.25) is 0 Å².